The van der Waals surface area contributed by atoms with Crippen LogP contribution in [0.2, 0.25) is 0 Å². The molecule has 1 aromatic heterocycles. The van der Waals surface area contributed by atoms with Gasteiger partial charge < -0.3 is 5.32 Å². The first-order valence-corrected chi connectivity index (χ1v) is 5.34. The summed E-state index contributed by atoms with van der Waals surface area (Å²) < 4.78 is 0. The Morgan fingerprint density at radius 2 is 1.65 bits per heavy atom. The largest absolute Gasteiger partial charge is 0.359 e. The molecule has 2 N–H and O–H groups in total. The molecule has 1 aromatic carbocycles. The van der Waals surface area contributed by atoms with Gasteiger partial charge in [0.2, 0.25) is 0 Å². The maximum absolute atomic E-state index is 7.96. The molecule has 0 aliphatic rings. The van der Waals surface area contributed by atoms with E-state index in [2.05, 4.69) is 10.3 Å². The number of nitrogens with one attached hydrogen (secondary N) is 2. The van der Waals surface area contributed by atoms with Crippen LogP contribution >= 0.6 is 0 Å². The molecule has 0 unspecified atom stereocenters. The molecule has 0 atom stereocenters. The van der Waals surface area contributed by atoms with Gasteiger partial charge >= 0.3 is 0 Å². The summed E-state index contributed by atoms with van der Waals surface area (Å²) in [6.45, 7) is 0. The maximum atomic E-state index is 7.96. The Labute approximate surface area is 100 Å². The van der Waals surface area contributed by atoms with Crippen LogP contribution in [0.25, 0.3) is 0 Å². The number of rotatable bonds is 2. The number of hydrogen-bond acceptors (Lipinski definition) is 2. The van der Waals surface area contributed by atoms with Gasteiger partial charge in [-0.05, 0) is 24.3 Å². The Bertz CT molecular complexity index is 442. The first kappa shape index (κ1) is 11.1. The highest BCUT2D eigenvalue weighted by atomic mass is 15.3. The van der Waals surface area contributed by atoms with Crippen LogP contribution in [0.5, 0.6) is 0 Å². The molecule has 2 aromatic rings. The fraction of sp³-hybridized carbons (Fsp3) is 0.0769. The summed E-state index contributed by atoms with van der Waals surface area (Å²) in [6, 6.07) is 13.5. The molecule has 0 saturated carbocycles. The molecule has 17 heavy (non-hydrogen) atoms. The molecule has 4 nitrogen and oxygen atoms in total. The average Bonchev–Trinajstić information content (AvgIpc) is 2.41. The van der Waals surface area contributed by atoms with Crippen LogP contribution in [0.15, 0.2) is 54.9 Å². The fourth-order valence-corrected chi connectivity index (χ4v) is 1.59. The molecule has 0 aliphatic heterocycles. The Hall–Kier alpha value is -2.36. The van der Waals surface area contributed by atoms with E-state index >= 15 is 0 Å². The van der Waals surface area contributed by atoms with Gasteiger partial charge in [-0.1, -0.05) is 18.2 Å². The Morgan fingerprint density at radius 1 is 1.06 bits per heavy atom. The predicted molar refractivity (Wildman–Crippen MR) is 69.6 cm³/mol. The lowest BCUT2D eigenvalue weighted by Crippen LogP contribution is -2.35. The van der Waals surface area contributed by atoms with E-state index in [9.17, 15) is 0 Å². The summed E-state index contributed by atoms with van der Waals surface area (Å²) in [5.74, 6) is 0.322. The van der Waals surface area contributed by atoms with E-state index in [1.807, 2.05) is 47.4 Å². The third-order valence-corrected chi connectivity index (χ3v) is 2.40. The SMILES string of the molecule is CNC(=N)N(c1ccccc1)c1ccncc1. The molecular weight excluding hydrogens is 212 g/mol. The highest BCUT2D eigenvalue weighted by Gasteiger charge is 2.12. The number of guanidine groups is 1. The molecule has 0 fully saturated rings. The Morgan fingerprint density at radius 3 is 2.24 bits per heavy atom. The third kappa shape index (κ3) is 2.42. The second-order valence-corrected chi connectivity index (χ2v) is 3.47. The van der Waals surface area contributed by atoms with E-state index in [1.165, 1.54) is 0 Å². The molecule has 0 radical (unpaired) electrons. The number of para-hydroxylation sites is 1. The van der Waals surface area contributed by atoms with Gasteiger partial charge in [0.1, 0.15) is 0 Å². The minimum absolute atomic E-state index is 0.322. The smallest absolute Gasteiger partial charge is 0.200 e. The Balaban J connectivity index is 2.43. The Kier molecular flexibility index (Phi) is 3.35. The molecular formula is C13H14N4. The zero-order valence-electron chi connectivity index (χ0n) is 9.59. The third-order valence-electron chi connectivity index (χ3n) is 2.40. The van der Waals surface area contributed by atoms with E-state index in [1.54, 1.807) is 19.4 Å². The van der Waals surface area contributed by atoms with Crippen LogP contribution in [-0.2, 0) is 0 Å². The summed E-state index contributed by atoms with van der Waals surface area (Å²) in [5, 5.41) is 10.8. The van der Waals surface area contributed by atoms with Crippen molar-refractivity contribution in [3.05, 3.63) is 54.9 Å². The maximum Gasteiger partial charge on any atom is 0.200 e. The summed E-state index contributed by atoms with van der Waals surface area (Å²) in [4.78, 5) is 5.81. The van der Waals surface area contributed by atoms with Gasteiger partial charge in [-0.3, -0.25) is 15.3 Å². The van der Waals surface area contributed by atoms with Crippen molar-refractivity contribution in [3.8, 4) is 0 Å². The van der Waals surface area contributed by atoms with Gasteiger partial charge in [0.25, 0.3) is 0 Å². The predicted octanol–water partition coefficient (Wildman–Crippen LogP) is 2.37. The van der Waals surface area contributed by atoms with Gasteiger partial charge in [-0.2, -0.15) is 0 Å². The van der Waals surface area contributed by atoms with Crippen molar-refractivity contribution in [1.29, 1.82) is 5.41 Å². The van der Waals surface area contributed by atoms with E-state index < -0.39 is 0 Å². The first-order valence-electron chi connectivity index (χ1n) is 5.34. The molecule has 0 spiro atoms. The van der Waals surface area contributed by atoms with Crippen molar-refractivity contribution in [2.24, 2.45) is 0 Å². The fourth-order valence-electron chi connectivity index (χ4n) is 1.59. The summed E-state index contributed by atoms with van der Waals surface area (Å²) >= 11 is 0. The van der Waals surface area contributed by atoms with Crippen LogP contribution < -0.4 is 10.2 Å². The number of anilines is 2. The van der Waals surface area contributed by atoms with Crippen molar-refractivity contribution < 1.29 is 0 Å². The van der Waals surface area contributed by atoms with Crippen molar-refractivity contribution in [2.45, 2.75) is 0 Å². The number of hydrogen-bond donors (Lipinski definition) is 2. The number of pyridine rings is 1. The normalized spacial score (nSPS) is 9.71. The second kappa shape index (κ2) is 5.12. The van der Waals surface area contributed by atoms with Crippen LogP contribution in [-0.4, -0.2) is 18.0 Å². The number of aromatic nitrogens is 1. The standard InChI is InChI=1S/C13H14N4/c1-15-13(14)17(11-5-3-2-4-6-11)12-7-9-16-10-8-12/h2-10H,1H3,(H2,14,15). The van der Waals surface area contributed by atoms with Gasteiger partial charge in [0.15, 0.2) is 5.96 Å². The second-order valence-electron chi connectivity index (χ2n) is 3.47. The van der Waals surface area contributed by atoms with Crippen molar-refractivity contribution in [3.63, 3.8) is 0 Å². The molecule has 86 valence electrons. The van der Waals surface area contributed by atoms with Gasteiger partial charge in [0, 0.05) is 25.1 Å². The topological polar surface area (TPSA) is 52.0 Å². The van der Waals surface area contributed by atoms with Crippen LogP contribution in [0.1, 0.15) is 0 Å². The minimum Gasteiger partial charge on any atom is -0.359 e. The summed E-state index contributed by atoms with van der Waals surface area (Å²) in [5.41, 5.74) is 1.85. The van der Waals surface area contributed by atoms with Crippen molar-refractivity contribution in [1.82, 2.24) is 10.3 Å². The lowest BCUT2D eigenvalue weighted by molar-refractivity contribution is 1.08. The van der Waals surface area contributed by atoms with E-state index in [0.717, 1.165) is 11.4 Å². The molecule has 4 heteroatoms. The molecule has 0 aliphatic carbocycles. The molecule has 0 amide bonds. The molecule has 2 rings (SSSR count). The van der Waals surface area contributed by atoms with Crippen LogP contribution in [0, 0.1) is 5.41 Å². The van der Waals surface area contributed by atoms with E-state index in [0.29, 0.717) is 5.96 Å². The monoisotopic (exact) mass is 226 g/mol. The minimum atomic E-state index is 0.322. The van der Waals surface area contributed by atoms with E-state index in [4.69, 9.17) is 5.41 Å². The van der Waals surface area contributed by atoms with Crippen LogP contribution in [0.4, 0.5) is 11.4 Å². The zero-order chi connectivity index (χ0) is 12.1. The number of nitrogens with zero attached hydrogens (tertiary/aromatic N) is 2. The first-order chi connectivity index (χ1) is 8.33. The lowest BCUT2D eigenvalue weighted by atomic mass is 10.2. The average molecular weight is 226 g/mol. The van der Waals surface area contributed by atoms with Crippen molar-refractivity contribution >= 4 is 17.3 Å². The molecule has 0 bridgehead atoms. The molecule has 0 saturated heterocycles. The van der Waals surface area contributed by atoms with E-state index in [-0.39, 0.29) is 0 Å². The van der Waals surface area contributed by atoms with Gasteiger partial charge in [-0.25, -0.2) is 0 Å². The molecule has 1 heterocycles. The van der Waals surface area contributed by atoms with Crippen molar-refractivity contribution in [2.75, 3.05) is 11.9 Å². The van der Waals surface area contributed by atoms with Gasteiger partial charge in [-0.15, -0.1) is 0 Å². The number of benzene rings is 1. The zero-order valence-corrected chi connectivity index (χ0v) is 9.59. The highest BCUT2D eigenvalue weighted by Crippen LogP contribution is 2.23. The highest BCUT2D eigenvalue weighted by molar-refractivity contribution is 6.00. The summed E-state index contributed by atoms with van der Waals surface area (Å²) in [6.07, 6.45) is 3.43. The van der Waals surface area contributed by atoms with Crippen LogP contribution in [0.3, 0.4) is 0 Å². The quantitative estimate of drug-likeness (QED) is 0.610. The lowest BCUT2D eigenvalue weighted by Gasteiger charge is -2.24. The van der Waals surface area contributed by atoms with Gasteiger partial charge in [0.05, 0.1) is 5.69 Å². The summed E-state index contributed by atoms with van der Waals surface area (Å²) in [7, 11) is 1.74.